The van der Waals surface area contributed by atoms with E-state index in [4.69, 9.17) is 10.3 Å². The molecule has 1 amide bonds. The molecule has 0 unspecified atom stereocenters. The molecule has 7 nitrogen and oxygen atoms in total. The third kappa shape index (κ3) is 2.12. The minimum atomic E-state index is -0.544. The highest BCUT2D eigenvalue weighted by atomic mass is 32.1. The van der Waals surface area contributed by atoms with Crippen LogP contribution in [0, 0.1) is 20.8 Å². The largest absolute Gasteiger partial charge is 0.365 e. The van der Waals surface area contributed by atoms with Crippen molar-refractivity contribution in [2.45, 2.75) is 27.3 Å². The van der Waals surface area contributed by atoms with Gasteiger partial charge in [0.2, 0.25) is 0 Å². The Balaban J connectivity index is 2.17. The van der Waals surface area contributed by atoms with Gasteiger partial charge in [-0.05, 0) is 26.3 Å². The first-order valence-electron chi connectivity index (χ1n) is 6.60. The van der Waals surface area contributed by atoms with Crippen LogP contribution in [0.4, 0.5) is 0 Å². The molecule has 3 rings (SSSR count). The minimum absolute atomic E-state index is 0.203. The number of primary amides is 1. The van der Waals surface area contributed by atoms with E-state index in [-0.39, 0.29) is 5.56 Å². The fourth-order valence-electron chi connectivity index (χ4n) is 2.40. The molecule has 0 radical (unpaired) electrons. The summed E-state index contributed by atoms with van der Waals surface area (Å²) >= 11 is 1.14. The van der Waals surface area contributed by atoms with Gasteiger partial charge in [0.05, 0.1) is 28.8 Å². The second-order valence-corrected chi connectivity index (χ2v) is 6.08. The predicted molar refractivity (Wildman–Crippen MR) is 82.2 cm³/mol. The van der Waals surface area contributed by atoms with E-state index in [0.29, 0.717) is 33.0 Å². The summed E-state index contributed by atoms with van der Waals surface area (Å²) in [7, 11) is 0. The topological polar surface area (TPSA) is 104 Å². The normalized spacial score (nSPS) is 11.2. The number of aromatic nitrogens is 3. The number of nitrogens with zero attached hydrogens (tertiary/aromatic N) is 3. The molecule has 0 spiro atoms. The second-order valence-electron chi connectivity index (χ2n) is 5.08. The Bertz CT molecular complexity index is 932. The molecule has 114 valence electrons. The van der Waals surface area contributed by atoms with Crippen molar-refractivity contribution in [3.05, 3.63) is 44.1 Å². The fourth-order valence-corrected chi connectivity index (χ4v) is 3.40. The van der Waals surface area contributed by atoms with Gasteiger partial charge in [-0.3, -0.25) is 14.2 Å². The summed E-state index contributed by atoms with van der Waals surface area (Å²) in [4.78, 5) is 29.2. The van der Waals surface area contributed by atoms with Gasteiger partial charge >= 0.3 is 0 Å². The Morgan fingerprint density at radius 1 is 1.41 bits per heavy atom. The molecule has 0 aliphatic carbocycles. The van der Waals surface area contributed by atoms with Crippen molar-refractivity contribution in [3.8, 4) is 0 Å². The smallest absolute Gasteiger partial charge is 0.262 e. The Labute approximate surface area is 129 Å². The maximum absolute atomic E-state index is 12.7. The number of amides is 1. The number of thiophene rings is 1. The number of carbonyl (C=O) groups excluding carboxylic acids is 1. The highest BCUT2D eigenvalue weighted by Gasteiger charge is 2.18. The van der Waals surface area contributed by atoms with Crippen LogP contribution in [-0.4, -0.2) is 20.6 Å². The molecular formula is C14H14N4O3S. The van der Waals surface area contributed by atoms with E-state index in [1.807, 2.05) is 6.92 Å². The lowest BCUT2D eigenvalue weighted by Gasteiger charge is -2.05. The van der Waals surface area contributed by atoms with Gasteiger partial charge in [-0.25, -0.2) is 4.98 Å². The van der Waals surface area contributed by atoms with E-state index in [0.717, 1.165) is 22.6 Å². The predicted octanol–water partition coefficient (Wildman–Crippen LogP) is 1.52. The van der Waals surface area contributed by atoms with Gasteiger partial charge in [0, 0.05) is 5.56 Å². The molecule has 0 aliphatic rings. The van der Waals surface area contributed by atoms with Gasteiger partial charge in [0.15, 0.2) is 0 Å². The summed E-state index contributed by atoms with van der Waals surface area (Å²) in [5, 5.41) is 4.32. The lowest BCUT2D eigenvalue weighted by atomic mass is 10.2. The van der Waals surface area contributed by atoms with Crippen molar-refractivity contribution >= 4 is 27.5 Å². The molecule has 0 bridgehead atoms. The zero-order valence-corrected chi connectivity index (χ0v) is 13.2. The SMILES string of the molecule is Cc1noc(C)c1Cn1cnc2sc(C(N)=O)c(C)c2c1=O. The van der Waals surface area contributed by atoms with Gasteiger partial charge in [0.1, 0.15) is 10.6 Å². The van der Waals surface area contributed by atoms with Crippen LogP contribution < -0.4 is 11.3 Å². The Morgan fingerprint density at radius 2 is 2.14 bits per heavy atom. The van der Waals surface area contributed by atoms with Gasteiger partial charge < -0.3 is 10.3 Å². The maximum Gasteiger partial charge on any atom is 0.262 e. The summed E-state index contributed by atoms with van der Waals surface area (Å²) in [6.07, 6.45) is 1.47. The summed E-state index contributed by atoms with van der Waals surface area (Å²) in [5.74, 6) is 0.126. The Kier molecular flexibility index (Phi) is 3.32. The molecule has 0 aromatic carbocycles. The first-order chi connectivity index (χ1) is 10.4. The highest BCUT2D eigenvalue weighted by Crippen LogP contribution is 2.26. The first kappa shape index (κ1) is 14.5. The van der Waals surface area contributed by atoms with E-state index in [1.165, 1.54) is 10.9 Å². The number of rotatable bonds is 3. The van der Waals surface area contributed by atoms with Gasteiger partial charge in [-0.2, -0.15) is 0 Å². The second kappa shape index (κ2) is 5.06. The Hall–Kier alpha value is -2.48. The molecule has 0 saturated carbocycles. The van der Waals surface area contributed by atoms with Crippen molar-refractivity contribution in [1.29, 1.82) is 0 Å². The number of hydrogen-bond donors (Lipinski definition) is 1. The molecule has 3 aromatic heterocycles. The van der Waals surface area contributed by atoms with Crippen molar-refractivity contribution < 1.29 is 9.32 Å². The molecule has 0 aliphatic heterocycles. The van der Waals surface area contributed by atoms with Crippen LogP contribution in [0.3, 0.4) is 0 Å². The van der Waals surface area contributed by atoms with E-state index in [9.17, 15) is 9.59 Å². The molecule has 0 fully saturated rings. The van der Waals surface area contributed by atoms with Gasteiger partial charge in [-0.1, -0.05) is 5.16 Å². The average molecular weight is 318 g/mol. The molecular weight excluding hydrogens is 304 g/mol. The van der Waals surface area contributed by atoms with E-state index in [2.05, 4.69) is 10.1 Å². The molecule has 3 aromatic rings. The van der Waals surface area contributed by atoms with Crippen LogP contribution >= 0.6 is 11.3 Å². The molecule has 22 heavy (non-hydrogen) atoms. The van der Waals surface area contributed by atoms with Crippen LogP contribution in [-0.2, 0) is 6.54 Å². The minimum Gasteiger partial charge on any atom is -0.365 e. The number of hydrogen-bond acceptors (Lipinski definition) is 6. The van der Waals surface area contributed by atoms with Crippen LogP contribution in [0.15, 0.2) is 15.6 Å². The quantitative estimate of drug-likeness (QED) is 0.788. The molecule has 8 heteroatoms. The van der Waals surface area contributed by atoms with Crippen molar-refractivity contribution in [1.82, 2.24) is 14.7 Å². The number of fused-ring (bicyclic) bond motifs is 1. The fraction of sp³-hybridized carbons (Fsp3) is 0.286. The average Bonchev–Trinajstić information content (AvgIpc) is 2.96. The molecule has 2 N–H and O–H groups in total. The third-order valence-corrected chi connectivity index (χ3v) is 4.87. The van der Waals surface area contributed by atoms with Crippen LogP contribution in [0.25, 0.3) is 10.2 Å². The first-order valence-corrected chi connectivity index (χ1v) is 7.42. The molecule has 0 atom stereocenters. The van der Waals surface area contributed by atoms with E-state index < -0.39 is 5.91 Å². The van der Waals surface area contributed by atoms with E-state index in [1.54, 1.807) is 13.8 Å². The highest BCUT2D eigenvalue weighted by molar-refractivity contribution is 7.20. The lowest BCUT2D eigenvalue weighted by molar-refractivity contribution is 0.100. The standard InChI is InChI=1S/C14H14N4O3S/c1-6-10-13(22-11(6)12(15)19)16-5-18(14(10)20)4-9-7(2)17-21-8(9)3/h5H,4H2,1-3H3,(H2,15,19). The zero-order chi connectivity index (χ0) is 16.0. The molecule has 0 saturated heterocycles. The maximum atomic E-state index is 12.7. The summed E-state index contributed by atoms with van der Waals surface area (Å²) < 4.78 is 6.59. The van der Waals surface area contributed by atoms with Crippen LogP contribution in [0.1, 0.15) is 32.3 Å². The number of aryl methyl sites for hydroxylation is 3. The third-order valence-electron chi connectivity index (χ3n) is 3.65. The molecule has 3 heterocycles. The summed E-state index contributed by atoms with van der Waals surface area (Å²) in [6, 6.07) is 0. The van der Waals surface area contributed by atoms with Crippen LogP contribution in [0.2, 0.25) is 0 Å². The lowest BCUT2D eigenvalue weighted by Crippen LogP contribution is -2.21. The zero-order valence-electron chi connectivity index (χ0n) is 12.3. The van der Waals surface area contributed by atoms with Gasteiger partial charge in [0.25, 0.3) is 11.5 Å². The van der Waals surface area contributed by atoms with E-state index >= 15 is 0 Å². The van der Waals surface area contributed by atoms with Crippen LogP contribution in [0.5, 0.6) is 0 Å². The van der Waals surface area contributed by atoms with Crippen molar-refractivity contribution in [3.63, 3.8) is 0 Å². The summed E-state index contributed by atoms with van der Waals surface area (Å²) in [5.41, 5.74) is 7.30. The summed E-state index contributed by atoms with van der Waals surface area (Å²) in [6.45, 7) is 5.66. The van der Waals surface area contributed by atoms with Gasteiger partial charge in [-0.15, -0.1) is 11.3 Å². The monoisotopic (exact) mass is 318 g/mol. The van der Waals surface area contributed by atoms with Crippen molar-refractivity contribution in [2.24, 2.45) is 5.73 Å². The number of carbonyl (C=O) groups is 1. The van der Waals surface area contributed by atoms with Crippen molar-refractivity contribution in [2.75, 3.05) is 0 Å². The Morgan fingerprint density at radius 3 is 2.73 bits per heavy atom. The number of nitrogens with two attached hydrogens (primary N) is 1.